The minimum absolute atomic E-state index is 0.120. The first-order valence-corrected chi connectivity index (χ1v) is 8.89. The minimum Gasteiger partial charge on any atom is -0.497 e. The fraction of sp³-hybridized carbons (Fsp3) is 0.316. The molecule has 2 aromatic heterocycles. The number of ether oxygens (including phenoxy) is 1. The van der Waals surface area contributed by atoms with Crippen molar-refractivity contribution in [3.05, 3.63) is 68.7 Å². The number of nitro groups is 1. The molecule has 3 rings (SSSR count). The summed E-state index contributed by atoms with van der Waals surface area (Å²) in [5.41, 5.74) is 2.10. The van der Waals surface area contributed by atoms with E-state index >= 15 is 0 Å². The highest BCUT2D eigenvalue weighted by Gasteiger charge is 2.24. The van der Waals surface area contributed by atoms with E-state index in [-0.39, 0.29) is 24.1 Å². The highest BCUT2D eigenvalue weighted by Crippen LogP contribution is 2.21. The lowest BCUT2D eigenvalue weighted by Gasteiger charge is -2.14. The third-order valence-electron chi connectivity index (χ3n) is 4.60. The SMILES string of the molecule is COc1cccc(C(C)NC(=O)c2noc(C)c2Cn2nc([N+](=O)[O-])cc2C)c1. The van der Waals surface area contributed by atoms with Crippen molar-refractivity contribution in [2.45, 2.75) is 33.4 Å². The van der Waals surface area contributed by atoms with E-state index in [2.05, 4.69) is 15.6 Å². The summed E-state index contributed by atoms with van der Waals surface area (Å²) in [7, 11) is 1.58. The predicted molar refractivity (Wildman–Crippen MR) is 103 cm³/mol. The van der Waals surface area contributed by atoms with Crippen molar-refractivity contribution in [1.82, 2.24) is 20.3 Å². The molecule has 0 saturated heterocycles. The van der Waals surface area contributed by atoms with Gasteiger partial charge in [0.05, 0.1) is 42.1 Å². The van der Waals surface area contributed by atoms with E-state index in [1.165, 1.54) is 10.7 Å². The van der Waals surface area contributed by atoms with E-state index in [9.17, 15) is 14.9 Å². The molecule has 0 bridgehead atoms. The fourth-order valence-corrected chi connectivity index (χ4v) is 2.91. The van der Waals surface area contributed by atoms with Crippen LogP contribution >= 0.6 is 0 Å². The van der Waals surface area contributed by atoms with Gasteiger partial charge < -0.3 is 24.7 Å². The maximum absolute atomic E-state index is 12.8. The summed E-state index contributed by atoms with van der Waals surface area (Å²) < 4.78 is 11.9. The van der Waals surface area contributed by atoms with E-state index in [1.807, 2.05) is 31.2 Å². The van der Waals surface area contributed by atoms with Gasteiger partial charge in [-0.15, -0.1) is 0 Å². The van der Waals surface area contributed by atoms with Crippen molar-refractivity contribution < 1.29 is 19.0 Å². The van der Waals surface area contributed by atoms with Gasteiger partial charge in [-0.2, -0.15) is 4.68 Å². The molecule has 0 fully saturated rings. The van der Waals surface area contributed by atoms with Gasteiger partial charge in [0.15, 0.2) is 5.69 Å². The molecule has 0 aliphatic rings. The number of hydrogen-bond donors (Lipinski definition) is 1. The van der Waals surface area contributed by atoms with Gasteiger partial charge in [0.2, 0.25) is 0 Å². The van der Waals surface area contributed by atoms with Gasteiger partial charge in [0, 0.05) is 0 Å². The standard InChI is InChI=1S/C19H21N5O5/c1-11-8-17(24(26)27)21-23(11)10-16-13(3)29-22-18(16)19(25)20-12(2)14-6-5-7-15(9-14)28-4/h5-9,12H,10H2,1-4H3,(H,20,25). The second kappa shape index (κ2) is 8.13. The van der Waals surface area contributed by atoms with Crippen LogP contribution in [0.25, 0.3) is 0 Å². The highest BCUT2D eigenvalue weighted by molar-refractivity contribution is 5.94. The monoisotopic (exact) mass is 399 g/mol. The number of aryl methyl sites for hydroxylation is 2. The molecule has 29 heavy (non-hydrogen) atoms. The summed E-state index contributed by atoms with van der Waals surface area (Å²) in [4.78, 5) is 23.2. The van der Waals surface area contributed by atoms with Crippen LogP contribution in [0.3, 0.4) is 0 Å². The first kappa shape index (κ1) is 20.1. The Morgan fingerprint density at radius 3 is 2.79 bits per heavy atom. The quantitative estimate of drug-likeness (QED) is 0.478. The lowest BCUT2D eigenvalue weighted by atomic mass is 10.1. The lowest BCUT2D eigenvalue weighted by Crippen LogP contribution is -2.28. The van der Waals surface area contributed by atoms with Gasteiger partial charge in [-0.05, 0) is 43.4 Å². The molecule has 1 aromatic carbocycles. The molecule has 0 aliphatic carbocycles. The number of rotatable bonds is 7. The zero-order valence-electron chi connectivity index (χ0n) is 16.5. The molecular weight excluding hydrogens is 378 g/mol. The molecule has 10 nitrogen and oxygen atoms in total. The normalized spacial score (nSPS) is 11.9. The van der Waals surface area contributed by atoms with Crippen molar-refractivity contribution >= 4 is 11.7 Å². The molecule has 1 unspecified atom stereocenters. The largest absolute Gasteiger partial charge is 0.497 e. The van der Waals surface area contributed by atoms with Crippen LogP contribution in [0.1, 0.15) is 46.0 Å². The van der Waals surface area contributed by atoms with E-state index < -0.39 is 10.8 Å². The zero-order valence-corrected chi connectivity index (χ0v) is 16.5. The van der Waals surface area contributed by atoms with Crippen LogP contribution in [0.5, 0.6) is 5.75 Å². The van der Waals surface area contributed by atoms with Crippen LogP contribution in [0.15, 0.2) is 34.9 Å². The van der Waals surface area contributed by atoms with Crippen LogP contribution in [0.2, 0.25) is 0 Å². The van der Waals surface area contributed by atoms with Crippen LogP contribution in [0, 0.1) is 24.0 Å². The molecule has 2 heterocycles. The molecule has 0 saturated carbocycles. The van der Waals surface area contributed by atoms with Gasteiger partial charge in [-0.25, -0.2) is 0 Å². The number of amides is 1. The second-order valence-electron chi connectivity index (χ2n) is 6.60. The molecule has 1 atom stereocenters. The Morgan fingerprint density at radius 2 is 2.14 bits per heavy atom. The summed E-state index contributed by atoms with van der Waals surface area (Å²) in [6.07, 6.45) is 0. The Hall–Kier alpha value is -3.69. The molecule has 0 spiro atoms. The smallest absolute Gasteiger partial charge is 0.390 e. The summed E-state index contributed by atoms with van der Waals surface area (Å²) in [5, 5.41) is 21.7. The number of nitrogens with one attached hydrogen (secondary N) is 1. The Kier molecular flexibility index (Phi) is 5.62. The van der Waals surface area contributed by atoms with Crippen LogP contribution in [-0.4, -0.2) is 32.9 Å². The van der Waals surface area contributed by atoms with Crippen molar-refractivity contribution in [1.29, 1.82) is 0 Å². The summed E-state index contributed by atoms with van der Waals surface area (Å²) in [5.74, 6) is 0.472. The third-order valence-corrected chi connectivity index (χ3v) is 4.60. The van der Waals surface area contributed by atoms with Crippen molar-refractivity contribution in [3.8, 4) is 5.75 Å². The van der Waals surface area contributed by atoms with Crippen molar-refractivity contribution in [3.63, 3.8) is 0 Å². The van der Waals surface area contributed by atoms with Gasteiger partial charge in [0.25, 0.3) is 5.91 Å². The molecule has 0 radical (unpaired) electrons. The molecule has 0 aliphatic heterocycles. The average molecular weight is 399 g/mol. The molecule has 1 amide bonds. The van der Waals surface area contributed by atoms with Gasteiger partial charge in [-0.3, -0.25) is 4.79 Å². The van der Waals surface area contributed by atoms with E-state index in [0.717, 1.165) is 5.56 Å². The lowest BCUT2D eigenvalue weighted by molar-refractivity contribution is -0.389. The maximum Gasteiger partial charge on any atom is 0.390 e. The van der Waals surface area contributed by atoms with Gasteiger partial charge >= 0.3 is 5.82 Å². The summed E-state index contributed by atoms with van der Waals surface area (Å²) in [6, 6.07) is 8.46. The predicted octanol–water partition coefficient (Wildman–Crippen LogP) is 2.94. The number of benzene rings is 1. The van der Waals surface area contributed by atoms with E-state index in [1.54, 1.807) is 21.0 Å². The Morgan fingerprint density at radius 1 is 1.38 bits per heavy atom. The number of carbonyl (C=O) groups excluding carboxylic acids is 1. The van der Waals surface area contributed by atoms with Crippen LogP contribution in [-0.2, 0) is 6.54 Å². The molecule has 152 valence electrons. The van der Waals surface area contributed by atoms with Crippen LogP contribution < -0.4 is 10.1 Å². The van der Waals surface area contributed by atoms with Crippen molar-refractivity contribution in [2.75, 3.05) is 7.11 Å². The van der Waals surface area contributed by atoms with Gasteiger partial charge in [-0.1, -0.05) is 17.3 Å². The van der Waals surface area contributed by atoms with Crippen LogP contribution in [0.4, 0.5) is 5.82 Å². The minimum atomic E-state index is -0.562. The van der Waals surface area contributed by atoms with Gasteiger partial charge in [0.1, 0.15) is 11.5 Å². The molecule has 3 aromatic rings. The average Bonchev–Trinajstić information content (AvgIpc) is 3.25. The number of methoxy groups -OCH3 is 1. The number of aromatic nitrogens is 3. The molecule has 10 heteroatoms. The first-order chi connectivity index (χ1) is 13.8. The second-order valence-corrected chi connectivity index (χ2v) is 6.60. The Bertz CT molecular complexity index is 1060. The third kappa shape index (κ3) is 4.26. The van der Waals surface area contributed by atoms with E-state index in [0.29, 0.717) is 22.8 Å². The van der Waals surface area contributed by atoms with Crippen molar-refractivity contribution in [2.24, 2.45) is 0 Å². The Labute approximate surface area is 166 Å². The molecular formula is C19H21N5O5. The summed E-state index contributed by atoms with van der Waals surface area (Å²) >= 11 is 0. The topological polar surface area (TPSA) is 125 Å². The highest BCUT2D eigenvalue weighted by atomic mass is 16.6. The molecule has 1 N–H and O–H groups in total. The zero-order chi connectivity index (χ0) is 21.1. The Balaban J connectivity index is 1.81. The summed E-state index contributed by atoms with van der Waals surface area (Å²) in [6.45, 7) is 5.36. The number of hydrogen-bond acceptors (Lipinski definition) is 7. The van der Waals surface area contributed by atoms with E-state index in [4.69, 9.17) is 9.26 Å². The first-order valence-electron chi connectivity index (χ1n) is 8.89. The fourth-order valence-electron chi connectivity index (χ4n) is 2.91. The maximum atomic E-state index is 12.8. The number of nitrogens with zero attached hydrogens (tertiary/aromatic N) is 4. The number of carbonyl (C=O) groups is 1.